The quantitative estimate of drug-likeness (QED) is 0.436. The van der Waals surface area contributed by atoms with Gasteiger partial charge in [-0.05, 0) is 43.4 Å². The summed E-state index contributed by atoms with van der Waals surface area (Å²) in [6.07, 6.45) is 4.44. The number of fused-ring (bicyclic) bond motifs is 2. The molecule has 13 heavy (non-hydrogen) atoms. The predicted molar refractivity (Wildman–Crippen MR) is 47.7 cm³/mol. The molecule has 4 bridgehead atoms. The average molecular weight is 181 g/mol. The molecular formula is C10H15NO2. The summed E-state index contributed by atoms with van der Waals surface area (Å²) in [5.74, 6) is 2.19. The van der Waals surface area contributed by atoms with Crippen molar-refractivity contribution in [2.75, 3.05) is 0 Å². The SMILES string of the molecule is ON=C1C(O)C2CC3CCC2CC13. The zero-order valence-electron chi connectivity index (χ0n) is 7.56. The van der Waals surface area contributed by atoms with Gasteiger partial charge < -0.3 is 10.3 Å². The molecule has 0 aromatic carbocycles. The van der Waals surface area contributed by atoms with Crippen LogP contribution in [-0.4, -0.2) is 22.1 Å². The Labute approximate surface area is 77.4 Å². The second kappa shape index (κ2) is 2.47. The van der Waals surface area contributed by atoms with Crippen LogP contribution in [0.2, 0.25) is 0 Å². The number of aliphatic hydroxyl groups is 1. The van der Waals surface area contributed by atoms with E-state index in [0.717, 1.165) is 12.8 Å². The lowest BCUT2D eigenvalue weighted by atomic mass is 9.51. The number of aliphatic hydroxyl groups excluding tert-OH is 1. The van der Waals surface area contributed by atoms with Crippen LogP contribution in [0.3, 0.4) is 0 Å². The zero-order valence-corrected chi connectivity index (χ0v) is 7.56. The van der Waals surface area contributed by atoms with Crippen LogP contribution >= 0.6 is 0 Å². The Balaban J connectivity index is 2.00. The van der Waals surface area contributed by atoms with Crippen molar-refractivity contribution in [1.82, 2.24) is 0 Å². The van der Waals surface area contributed by atoms with Crippen LogP contribution in [0, 0.1) is 23.7 Å². The van der Waals surface area contributed by atoms with Gasteiger partial charge in [0.25, 0.3) is 0 Å². The Morgan fingerprint density at radius 1 is 1.15 bits per heavy atom. The summed E-state index contributed by atoms with van der Waals surface area (Å²) in [5.41, 5.74) is 0.678. The van der Waals surface area contributed by atoms with Crippen LogP contribution in [0.5, 0.6) is 0 Å². The van der Waals surface area contributed by atoms with Gasteiger partial charge >= 0.3 is 0 Å². The van der Waals surface area contributed by atoms with Crippen LogP contribution < -0.4 is 0 Å². The lowest BCUT2D eigenvalue weighted by molar-refractivity contribution is -0.0258. The highest BCUT2D eigenvalue weighted by molar-refractivity contribution is 5.92. The normalized spacial score (nSPS) is 56.1. The van der Waals surface area contributed by atoms with Crippen molar-refractivity contribution in [3.05, 3.63) is 0 Å². The molecule has 0 aromatic rings. The van der Waals surface area contributed by atoms with Crippen molar-refractivity contribution in [2.45, 2.75) is 31.8 Å². The topological polar surface area (TPSA) is 52.8 Å². The van der Waals surface area contributed by atoms with Gasteiger partial charge in [-0.15, -0.1) is 0 Å². The second-order valence-corrected chi connectivity index (χ2v) is 4.81. The summed E-state index contributed by atoms with van der Waals surface area (Å²) >= 11 is 0. The summed E-state index contributed by atoms with van der Waals surface area (Å²) in [7, 11) is 0. The van der Waals surface area contributed by atoms with Crippen molar-refractivity contribution in [1.29, 1.82) is 0 Å². The monoisotopic (exact) mass is 181 g/mol. The van der Waals surface area contributed by atoms with E-state index >= 15 is 0 Å². The third kappa shape index (κ3) is 0.857. The minimum atomic E-state index is -0.440. The predicted octanol–water partition coefficient (Wildman–Crippen LogP) is 1.24. The number of rotatable bonds is 0. The van der Waals surface area contributed by atoms with E-state index in [2.05, 4.69) is 5.16 Å². The van der Waals surface area contributed by atoms with Crippen LogP contribution in [-0.2, 0) is 0 Å². The fraction of sp³-hybridized carbons (Fsp3) is 0.900. The third-order valence-electron chi connectivity index (χ3n) is 4.42. The smallest absolute Gasteiger partial charge is 0.0987 e. The van der Waals surface area contributed by atoms with Crippen molar-refractivity contribution in [3.8, 4) is 0 Å². The zero-order chi connectivity index (χ0) is 9.00. The van der Waals surface area contributed by atoms with Gasteiger partial charge in [-0.3, -0.25) is 0 Å². The molecule has 5 saturated carbocycles. The molecular weight excluding hydrogens is 166 g/mol. The molecule has 3 heteroatoms. The summed E-state index contributed by atoms with van der Waals surface area (Å²) in [5, 5.41) is 22.0. The van der Waals surface area contributed by atoms with Gasteiger partial charge in [-0.1, -0.05) is 5.16 Å². The lowest BCUT2D eigenvalue weighted by Crippen LogP contribution is -2.56. The maximum Gasteiger partial charge on any atom is 0.0987 e. The highest BCUT2D eigenvalue weighted by Crippen LogP contribution is 2.54. The minimum Gasteiger partial charge on any atom is -0.411 e. The van der Waals surface area contributed by atoms with E-state index in [1.54, 1.807) is 0 Å². The highest BCUT2D eigenvalue weighted by Gasteiger charge is 2.53. The summed E-state index contributed by atoms with van der Waals surface area (Å²) < 4.78 is 0. The first kappa shape index (κ1) is 7.80. The number of oxime groups is 1. The Morgan fingerprint density at radius 2 is 1.92 bits per heavy atom. The van der Waals surface area contributed by atoms with Gasteiger partial charge in [0, 0.05) is 5.92 Å². The molecule has 2 N–H and O–H groups in total. The molecule has 0 heterocycles. The van der Waals surface area contributed by atoms with Crippen LogP contribution in [0.1, 0.15) is 25.7 Å². The van der Waals surface area contributed by atoms with Gasteiger partial charge in [0.2, 0.25) is 0 Å². The maximum absolute atomic E-state index is 9.89. The summed E-state index contributed by atoms with van der Waals surface area (Å²) in [6, 6.07) is 0. The average Bonchev–Trinajstić information content (AvgIpc) is 2.19. The van der Waals surface area contributed by atoms with E-state index in [9.17, 15) is 5.11 Å². The van der Waals surface area contributed by atoms with E-state index < -0.39 is 6.10 Å². The largest absolute Gasteiger partial charge is 0.411 e. The van der Waals surface area contributed by atoms with E-state index in [1.165, 1.54) is 12.8 Å². The van der Waals surface area contributed by atoms with E-state index in [0.29, 0.717) is 29.4 Å². The van der Waals surface area contributed by atoms with Gasteiger partial charge in [0.15, 0.2) is 0 Å². The second-order valence-electron chi connectivity index (χ2n) is 4.81. The molecule has 0 spiro atoms. The molecule has 3 nitrogen and oxygen atoms in total. The van der Waals surface area contributed by atoms with Gasteiger partial charge in [-0.2, -0.15) is 0 Å². The number of nitrogens with zero attached hydrogens (tertiary/aromatic N) is 1. The van der Waals surface area contributed by atoms with Crippen LogP contribution in [0.15, 0.2) is 5.16 Å². The molecule has 5 unspecified atom stereocenters. The molecule has 0 amide bonds. The van der Waals surface area contributed by atoms with Crippen molar-refractivity contribution in [2.24, 2.45) is 28.8 Å². The molecule has 5 aliphatic carbocycles. The van der Waals surface area contributed by atoms with Crippen LogP contribution in [0.4, 0.5) is 0 Å². The summed E-state index contributed by atoms with van der Waals surface area (Å²) in [6.45, 7) is 0. The van der Waals surface area contributed by atoms with E-state index in [-0.39, 0.29) is 0 Å². The molecule has 0 saturated heterocycles. The molecule has 5 rings (SSSR count). The first-order valence-electron chi connectivity index (χ1n) is 5.21. The first-order valence-corrected chi connectivity index (χ1v) is 5.21. The maximum atomic E-state index is 9.89. The van der Waals surface area contributed by atoms with Gasteiger partial charge in [0.05, 0.1) is 11.8 Å². The van der Waals surface area contributed by atoms with Crippen molar-refractivity contribution < 1.29 is 10.3 Å². The van der Waals surface area contributed by atoms with E-state index in [4.69, 9.17) is 5.21 Å². The standard InChI is InChI=1S/C10H15NO2/c12-10-8-4-5-1-2-6(8)3-7(5)9(10)11-13/h5-8,10,12-13H,1-4H2. The Bertz CT molecular complexity index is 264. The molecule has 0 radical (unpaired) electrons. The third-order valence-corrected chi connectivity index (χ3v) is 4.42. The van der Waals surface area contributed by atoms with Gasteiger partial charge in [0.1, 0.15) is 0 Å². The minimum absolute atomic E-state index is 0.392. The van der Waals surface area contributed by atoms with Crippen molar-refractivity contribution in [3.63, 3.8) is 0 Å². The Hall–Kier alpha value is -0.570. The van der Waals surface area contributed by atoms with E-state index in [1.807, 2.05) is 0 Å². The number of hydrogen-bond donors (Lipinski definition) is 2. The van der Waals surface area contributed by atoms with Crippen LogP contribution in [0.25, 0.3) is 0 Å². The van der Waals surface area contributed by atoms with Gasteiger partial charge in [-0.25, -0.2) is 0 Å². The lowest BCUT2D eigenvalue weighted by Gasteiger charge is -2.54. The Morgan fingerprint density at radius 3 is 2.54 bits per heavy atom. The molecule has 5 atom stereocenters. The number of hydrogen-bond acceptors (Lipinski definition) is 3. The molecule has 0 aliphatic heterocycles. The fourth-order valence-corrected chi connectivity index (χ4v) is 3.80. The molecule has 72 valence electrons. The molecule has 5 fully saturated rings. The molecule has 0 aromatic heterocycles. The summed E-state index contributed by atoms with van der Waals surface area (Å²) in [4.78, 5) is 0. The van der Waals surface area contributed by atoms with Crippen molar-refractivity contribution >= 4 is 5.71 Å². The fourth-order valence-electron chi connectivity index (χ4n) is 3.80. The Kier molecular flexibility index (Phi) is 1.48. The highest BCUT2D eigenvalue weighted by atomic mass is 16.4. The molecule has 5 aliphatic rings. The first-order chi connectivity index (χ1) is 6.31.